The third-order valence-corrected chi connectivity index (χ3v) is 0.414. The van der Waals surface area contributed by atoms with Crippen molar-refractivity contribution in [2.75, 3.05) is 7.05 Å². The Bertz CT molecular complexity index is 118. The fourth-order valence-electron chi connectivity index (χ4n) is 0.169. The molecule has 0 aromatic heterocycles. The van der Waals surface area contributed by atoms with E-state index in [2.05, 4.69) is 9.73 Å². The molecular formula is C4H6NO3-. The number of nitrogens with zero attached hydrogens (tertiary/aromatic N) is 1. The molecule has 0 unspecified atom stereocenters. The van der Waals surface area contributed by atoms with E-state index in [9.17, 15) is 9.90 Å². The first-order chi connectivity index (χ1) is 3.66. The van der Waals surface area contributed by atoms with Gasteiger partial charge in [-0.15, -0.1) is 0 Å². The van der Waals surface area contributed by atoms with Gasteiger partial charge in [-0.1, -0.05) is 0 Å². The molecule has 0 aliphatic heterocycles. The van der Waals surface area contributed by atoms with Gasteiger partial charge in [-0.05, 0) is 0 Å². The highest BCUT2D eigenvalue weighted by molar-refractivity contribution is 5.80. The van der Waals surface area contributed by atoms with Crippen molar-refractivity contribution in [3.63, 3.8) is 0 Å². The van der Waals surface area contributed by atoms with Crippen molar-refractivity contribution in [3.05, 3.63) is 0 Å². The summed E-state index contributed by atoms with van der Waals surface area (Å²) in [7, 11) is 1.26. The highest BCUT2D eigenvalue weighted by Gasteiger charge is 1.81. The second kappa shape index (κ2) is 3.01. The number of esters is 1. The maximum Gasteiger partial charge on any atom is 0.199 e. The van der Waals surface area contributed by atoms with Crippen LogP contribution in [0.15, 0.2) is 4.99 Å². The van der Waals surface area contributed by atoms with E-state index in [1.165, 1.54) is 7.05 Å². The molecule has 8 heavy (non-hydrogen) atoms. The molecule has 0 atom stereocenters. The molecule has 0 radical (unpaired) electrons. The van der Waals surface area contributed by atoms with E-state index >= 15 is 0 Å². The zero-order valence-electron chi connectivity index (χ0n) is 4.67. The van der Waals surface area contributed by atoms with Crippen LogP contribution in [0, 0.1) is 0 Å². The van der Waals surface area contributed by atoms with Crippen LogP contribution >= 0.6 is 0 Å². The monoisotopic (exact) mass is 116 g/mol. The van der Waals surface area contributed by atoms with Gasteiger partial charge in [0.1, 0.15) is 0 Å². The van der Waals surface area contributed by atoms with Crippen LogP contribution < -0.4 is 5.11 Å². The number of rotatable bonds is 0. The Hall–Kier alpha value is -1.06. The lowest BCUT2D eigenvalue weighted by Crippen LogP contribution is -2.23. The van der Waals surface area contributed by atoms with Crippen molar-refractivity contribution in [3.8, 4) is 0 Å². The fourth-order valence-corrected chi connectivity index (χ4v) is 0.169. The molecule has 0 N–H and O–H groups in total. The number of hydrogen-bond acceptors (Lipinski definition) is 4. The van der Waals surface area contributed by atoms with Crippen molar-refractivity contribution in [2.45, 2.75) is 6.92 Å². The van der Waals surface area contributed by atoms with Crippen LogP contribution in [-0.2, 0) is 9.53 Å². The summed E-state index contributed by atoms with van der Waals surface area (Å²) in [6.07, 6.45) is -0.850. The molecule has 4 nitrogen and oxygen atoms in total. The van der Waals surface area contributed by atoms with Gasteiger partial charge < -0.3 is 9.84 Å². The lowest BCUT2D eigenvalue weighted by atomic mass is 10.8. The molecule has 4 heteroatoms. The molecule has 0 spiro atoms. The first-order valence-corrected chi connectivity index (χ1v) is 1.99. The minimum absolute atomic E-state index is 0.638. The normalized spacial score (nSPS) is 11.0. The van der Waals surface area contributed by atoms with E-state index < -0.39 is 12.1 Å². The van der Waals surface area contributed by atoms with E-state index in [1.807, 2.05) is 0 Å². The smallest absolute Gasteiger partial charge is 0.199 e. The quantitative estimate of drug-likeness (QED) is 0.229. The minimum Gasteiger partial charge on any atom is -0.539 e. The van der Waals surface area contributed by atoms with Crippen molar-refractivity contribution in [1.82, 2.24) is 0 Å². The van der Waals surface area contributed by atoms with Gasteiger partial charge in [-0.2, -0.15) is 0 Å². The first kappa shape index (κ1) is 6.94. The van der Waals surface area contributed by atoms with E-state index in [0.717, 1.165) is 6.92 Å². The van der Waals surface area contributed by atoms with Gasteiger partial charge in [0, 0.05) is 14.0 Å². The maximum atomic E-state index is 10.0. The van der Waals surface area contributed by atoms with E-state index in [1.54, 1.807) is 0 Å². The molecule has 0 aromatic carbocycles. The summed E-state index contributed by atoms with van der Waals surface area (Å²) in [5, 5.41) is 10.0. The van der Waals surface area contributed by atoms with Gasteiger partial charge in [0.15, 0.2) is 12.1 Å². The summed E-state index contributed by atoms with van der Waals surface area (Å²) in [5.74, 6) is -0.638. The minimum atomic E-state index is -0.850. The predicted molar refractivity (Wildman–Crippen MR) is 25.1 cm³/mol. The van der Waals surface area contributed by atoms with Crippen LogP contribution in [0.5, 0.6) is 0 Å². The molecule has 0 aliphatic carbocycles. The molecule has 0 aromatic rings. The van der Waals surface area contributed by atoms with Crippen molar-refractivity contribution in [2.24, 2.45) is 4.99 Å². The Morgan fingerprint density at radius 2 is 2.25 bits per heavy atom. The summed E-state index contributed by atoms with van der Waals surface area (Å²) < 4.78 is 3.95. The highest BCUT2D eigenvalue weighted by Crippen LogP contribution is 1.72. The van der Waals surface area contributed by atoms with E-state index in [0.29, 0.717) is 0 Å². The van der Waals surface area contributed by atoms with Crippen LogP contribution in [-0.4, -0.2) is 19.1 Å². The Kier molecular flexibility index (Phi) is 2.61. The van der Waals surface area contributed by atoms with Gasteiger partial charge >= 0.3 is 0 Å². The molecule has 0 heterocycles. The molecule has 46 valence electrons. The largest absolute Gasteiger partial charge is 0.539 e. The Morgan fingerprint density at radius 1 is 1.75 bits per heavy atom. The molecule has 0 rings (SSSR count). The van der Waals surface area contributed by atoms with Gasteiger partial charge in [-0.3, -0.25) is 9.79 Å². The second-order valence-corrected chi connectivity index (χ2v) is 1.08. The molecule has 0 fully saturated rings. The summed E-state index contributed by atoms with van der Waals surface area (Å²) in [5.41, 5.74) is 0. The number of hydrogen-bond donors (Lipinski definition) is 0. The van der Waals surface area contributed by atoms with Gasteiger partial charge in [0.05, 0.1) is 0 Å². The average molecular weight is 116 g/mol. The zero-order chi connectivity index (χ0) is 6.57. The molecule has 0 saturated carbocycles. The van der Waals surface area contributed by atoms with E-state index in [-0.39, 0.29) is 0 Å². The maximum absolute atomic E-state index is 10.0. The summed E-state index contributed by atoms with van der Waals surface area (Å²) >= 11 is 0. The van der Waals surface area contributed by atoms with Crippen LogP contribution in [0.1, 0.15) is 6.92 Å². The molecular weight excluding hydrogens is 110 g/mol. The summed E-state index contributed by atoms with van der Waals surface area (Å²) in [4.78, 5) is 13.0. The topological polar surface area (TPSA) is 61.7 Å². The molecule has 0 aliphatic rings. The third kappa shape index (κ3) is 3.14. The second-order valence-electron chi connectivity index (χ2n) is 1.08. The van der Waals surface area contributed by atoms with Crippen LogP contribution in [0.25, 0.3) is 0 Å². The average Bonchev–Trinajstić information content (AvgIpc) is 1.65. The number of carbonyl (C=O) groups is 1. The first-order valence-electron chi connectivity index (χ1n) is 1.99. The predicted octanol–water partition coefficient (Wildman–Crippen LogP) is -1.10. The van der Waals surface area contributed by atoms with Crippen LogP contribution in [0.4, 0.5) is 0 Å². The van der Waals surface area contributed by atoms with E-state index in [4.69, 9.17) is 0 Å². The number of aliphatic imine (C=N–C) groups is 1. The molecule has 0 saturated heterocycles. The number of ether oxygens (including phenoxy) is 1. The zero-order valence-corrected chi connectivity index (χ0v) is 4.67. The lowest BCUT2D eigenvalue weighted by molar-refractivity contribution is -0.247. The van der Waals surface area contributed by atoms with Crippen molar-refractivity contribution in [1.29, 1.82) is 0 Å². The standard InChI is InChI=1S/C4H7NO3/c1-3(6)8-4(7)5-2/h1-2H3,(H,5,7)/p-1. The summed E-state index contributed by atoms with van der Waals surface area (Å²) in [6, 6.07) is 0. The Labute approximate surface area is 46.8 Å². The number of carbonyl (C=O) groups excluding carboxylic acids is 1. The van der Waals surface area contributed by atoms with Crippen LogP contribution in [0.3, 0.4) is 0 Å². The lowest BCUT2D eigenvalue weighted by Gasteiger charge is -2.06. The fraction of sp³-hybridized carbons (Fsp3) is 0.500. The van der Waals surface area contributed by atoms with Gasteiger partial charge in [0.25, 0.3) is 0 Å². The van der Waals surface area contributed by atoms with Crippen molar-refractivity contribution >= 4 is 12.1 Å². The summed E-state index contributed by atoms with van der Waals surface area (Å²) in [6.45, 7) is 1.14. The molecule has 0 bridgehead atoms. The third-order valence-electron chi connectivity index (χ3n) is 0.414. The highest BCUT2D eigenvalue weighted by atomic mass is 16.6. The Balaban J connectivity index is 3.56. The van der Waals surface area contributed by atoms with Crippen molar-refractivity contribution < 1.29 is 14.6 Å². The Morgan fingerprint density at radius 3 is 2.38 bits per heavy atom. The SMILES string of the molecule is CN=C([O-])OC(C)=O. The van der Waals surface area contributed by atoms with Crippen LogP contribution in [0.2, 0.25) is 0 Å². The van der Waals surface area contributed by atoms with Gasteiger partial charge in [-0.25, -0.2) is 0 Å². The van der Waals surface area contributed by atoms with Gasteiger partial charge in [0.2, 0.25) is 0 Å². The molecule has 0 amide bonds.